The van der Waals surface area contributed by atoms with Crippen molar-refractivity contribution in [1.29, 1.82) is 0 Å². The first kappa shape index (κ1) is 30.7. The normalized spacial score (nSPS) is 24.4. The molecular formula is C24H30F3N3O8. The number of aliphatic carboxylic acids is 1. The van der Waals surface area contributed by atoms with Crippen LogP contribution in [-0.2, 0) is 39.9 Å². The third-order valence-electron chi connectivity index (χ3n) is 6.52. The number of fused-ring (bicyclic) bond motifs is 1. The van der Waals surface area contributed by atoms with Crippen LogP contribution in [-0.4, -0.2) is 103 Å². The fourth-order valence-corrected chi connectivity index (χ4v) is 4.81. The van der Waals surface area contributed by atoms with E-state index in [-0.39, 0.29) is 31.4 Å². The van der Waals surface area contributed by atoms with Gasteiger partial charge in [0.05, 0.1) is 18.9 Å². The summed E-state index contributed by atoms with van der Waals surface area (Å²) >= 11 is 0. The van der Waals surface area contributed by atoms with Gasteiger partial charge in [-0.25, -0.2) is 4.79 Å². The summed E-state index contributed by atoms with van der Waals surface area (Å²) in [6.07, 6.45) is -4.90. The number of carbonyl (C=O) groups is 5. The maximum absolute atomic E-state index is 13.1. The summed E-state index contributed by atoms with van der Waals surface area (Å²) in [5.41, 5.74) is -0.579. The van der Waals surface area contributed by atoms with Crippen molar-refractivity contribution in [2.75, 3.05) is 41.0 Å². The van der Waals surface area contributed by atoms with E-state index in [4.69, 9.17) is 19.4 Å². The summed E-state index contributed by atoms with van der Waals surface area (Å²) in [5, 5.41) is 10.4. The Balaban J connectivity index is 0.000000638. The Bertz CT molecular complexity index is 1050. The highest BCUT2D eigenvalue weighted by molar-refractivity contribution is 6.09. The number of methoxy groups -OCH3 is 2. The van der Waals surface area contributed by atoms with E-state index >= 15 is 0 Å². The Morgan fingerprint density at radius 2 is 1.71 bits per heavy atom. The largest absolute Gasteiger partial charge is 0.490 e. The summed E-state index contributed by atoms with van der Waals surface area (Å²) in [4.78, 5) is 63.2. The molecule has 0 radical (unpaired) electrons. The van der Waals surface area contributed by atoms with Gasteiger partial charge in [-0.05, 0) is 12.5 Å². The molecule has 1 aromatic carbocycles. The summed E-state index contributed by atoms with van der Waals surface area (Å²) < 4.78 is 41.8. The van der Waals surface area contributed by atoms with Gasteiger partial charge in [-0.1, -0.05) is 30.3 Å². The van der Waals surface area contributed by atoms with Gasteiger partial charge in [0.1, 0.15) is 12.1 Å². The van der Waals surface area contributed by atoms with E-state index in [9.17, 15) is 32.3 Å². The van der Waals surface area contributed by atoms with E-state index < -0.39 is 47.4 Å². The molecule has 4 atom stereocenters. The van der Waals surface area contributed by atoms with E-state index in [1.165, 1.54) is 21.3 Å². The number of carboxylic acids is 1. The molecule has 11 nitrogen and oxygen atoms in total. The summed E-state index contributed by atoms with van der Waals surface area (Å²) in [5.74, 6) is -6.06. The van der Waals surface area contributed by atoms with E-state index in [0.29, 0.717) is 6.54 Å². The van der Waals surface area contributed by atoms with Gasteiger partial charge in [0.25, 0.3) is 0 Å². The topological polar surface area (TPSA) is 143 Å². The Labute approximate surface area is 216 Å². The number of alkyl halides is 3. The highest BCUT2D eigenvalue weighted by atomic mass is 19.4. The molecule has 2 N–H and O–H groups in total. The number of hydrogen-bond donors (Lipinski definition) is 2. The molecule has 3 rings (SSSR count). The zero-order chi connectivity index (χ0) is 28.8. The molecule has 2 fully saturated rings. The number of imide groups is 1. The summed E-state index contributed by atoms with van der Waals surface area (Å²) in [6.45, 7) is 2.30. The highest BCUT2D eigenvalue weighted by Gasteiger charge is 2.68. The number of esters is 1. The second-order valence-corrected chi connectivity index (χ2v) is 8.78. The number of amides is 3. The van der Waals surface area contributed by atoms with E-state index in [1.54, 1.807) is 4.90 Å². The standard InChI is InChI=1S/C22H29N3O6.C2HF3O2/c1-5-25(16(26)13-30-3)12-15-17-18(20(28)24(2)19(17)27)22(23-15,21(29)31-4)11-14-9-7-6-8-10-14;3-2(4,5)1(6)7/h6-10,15,17-18,23H,5,11-13H2,1-4H3;(H,6,7)/t15-,17+,18-,22-;/m1./s1. The minimum atomic E-state index is -5.08. The Kier molecular flexibility index (Phi) is 9.98. The van der Waals surface area contributed by atoms with Gasteiger partial charge >= 0.3 is 18.1 Å². The van der Waals surface area contributed by atoms with E-state index in [0.717, 1.165) is 10.5 Å². The monoisotopic (exact) mass is 545 g/mol. The fourth-order valence-electron chi connectivity index (χ4n) is 4.81. The maximum Gasteiger partial charge on any atom is 0.490 e. The number of nitrogens with zero attached hydrogens (tertiary/aromatic N) is 2. The number of hydrogen-bond acceptors (Lipinski definition) is 8. The van der Waals surface area contributed by atoms with Crippen molar-refractivity contribution in [3.63, 3.8) is 0 Å². The number of nitrogens with one attached hydrogen (secondary N) is 1. The molecule has 2 aliphatic rings. The molecule has 1 aromatic rings. The molecule has 0 aliphatic carbocycles. The Morgan fingerprint density at radius 1 is 1.13 bits per heavy atom. The van der Waals surface area contributed by atoms with Crippen LogP contribution in [0.2, 0.25) is 0 Å². The number of benzene rings is 1. The lowest BCUT2D eigenvalue weighted by Gasteiger charge is -2.33. The molecule has 0 unspecified atom stereocenters. The molecule has 2 aliphatic heterocycles. The molecule has 0 saturated carbocycles. The van der Waals surface area contributed by atoms with E-state index in [1.807, 2.05) is 37.3 Å². The summed E-state index contributed by atoms with van der Waals surface area (Å²) in [7, 11) is 4.13. The molecule has 38 heavy (non-hydrogen) atoms. The lowest BCUT2D eigenvalue weighted by atomic mass is 9.76. The van der Waals surface area contributed by atoms with Crippen LogP contribution >= 0.6 is 0 Å². The number of halogens is 3. The minimum absolute atomic E-state index is 0.0897. The molecule has 2 heterocycles. The minimum Gasteiger partial charge on any atom is -0.475 e. The SMILES string of the molecule is CCN(C[C@H]1N[C@@](Cc2ccccc2)(C(=O)OC)[C@H]2C(=O)N(C)C(=O)[C@@H]12)C(=O)COC.O=C(O)C(F)(F)F. The smallest absolute Gasteiger partial charge is 0.475 e. The average molecular weight is 546 g/mol. The molecular weight excluding hydrogens is 515 g/mol. The van der Waals surface area contributed by atoms with Gasteiger partial charge in [-0.15, -0.1) is 0 Å². The van der Waals surface area contributed by atoms with Crippen molar-refractivity contribution in [2.45, 2.75) is 31.1 Å². The number of carboxylic acid groups (broad SMARTS) is 1. The zero-order valence-corrected chi connectivity index (χ0v) is 21.3. The van der Waals surface area contributed by atoms with Gasteiger partial charge in [0.15, 0.2) is 0 Å². The lowest BCUT2D eigenvalue weighted by molar-refractivity contribution is -0.192. The molecule has 14 heteroatoms. The first-order valence-electron chi connectivity index (χ1n) is 11.5. The number of rotatable bonds is 8. The number of likely N-dealkylation sites (tertiary alicyclic amines) is 1. The number of ether oxygens (including phenoxy) is 2. The van der Waals surface area contributed by atoms with Gasteiger partial charge in [0, 0.05) is 39.7 Å². The van der Waals surface area contributed by atoms with Crippen molar-refractivity contribution in [3.8, 4) is 0 Å². The van der Waals surface area contributed by atoms with Crippen LogP contribution < -0.4 is 5.32 Å². The number of likely N-dealkylation sites (N-methyl/N-ethyl adjacent to an activating group) is 1. The first-order valence-corrected chi connectivity index (χ1v) is 11.5. The van der Waals surface area contributed by atoms with Crippen molar-refractivity contribution in [3.05, 3.63) is 35.9 Å². The predicted octanol–water partition coefficient (Wildman–Crippen LogP) is 0.472. The first-order chi connectivity index (χ1) is 17.7. The van der Waals surface area contributed by atoms with Crippen LogP contribution in [0.4, 0.5) is 13.2 Å². The van der Waals surface area contributed by atoms with Crippen molar-refractivity contribution < 1.29 is 51.7 Å². The molecule has 0 spiro atoms. The molecule has 2 saturated heterocycles. The van der Waals surface area contributed by atoms with Gasteiger partial charge in [-0.2, -0.15) is 13.2 Å². The zero-order valence-electron chi connectivity index (χ0n) is 21.3. The second kappa shape index (κ2) is 12.3. The van der Waals surface area contributed by atoms with Gasteiger partial charge in [0.2, 0.25) is 17.7 Å². The van der Waals surface area contributed by atoms with Crippen molar-refractivity contribution in [1.82, 2.24) is 15.1 Å². The third kappa shape index (κ3) is 6.30. The quantitative estimate of drug-likeness (QED) is 0.352. The lowest BCUT2D eigenvalue weighted by Crippen LogP contribution is -2.59. The van der Waals surface area contributed by atoms with Crippen LogP contribution in [0.25, 0.3) is 0 Å². The fraction of sp³-hybridized carbons (Fsp3) is 0.542. The predicted molar refractivity (Wildman–Crippen MR) is 124 cm³/mol. The van der Waals surface area contributed by atoms with Crippen LogP contribution in [0, 0.1) is 11.8 Å². The van der Waals surface area contributed by atoms with Crippen molar-refractivity contribution >= 4 is 29.7 Å². The third-order valence-corrected chi connectivity index (χ3v) is 6.52. The molecule has 0 aromatic heterocycles. The molecule has 3 amide bonds. The Hall–Kier alpha value is -3.52. The molecule has 210 valence electrons. The summed E-state index contributed by atoms with van der Waals surface area (Å²) in [6, 6.07) is 8.69. The van der Waals surface area contributed by atoms with Crippen LogP contribution in [0.15, 0.2) is 30.3 Å². The highest BCUT2D eigenvalue weighted by Crippen LogP contribution is 2.44. The molecule has 0 bridgehead atoms. The second-order valence-electron chi connectivity index (χ2n) is 8.78. The Morgan fingerprint density at radius 3 is 2.18 bits per heavy atom. The van der Waals surface area contributed by atoms with Crippen LogP contribution in [0.1, 0.15) is 12.5 Å². The van der Waals surface area contributed by atoms with Crippen LogP contribution in [0.5, 0.6) is 0 Å². The van der Waals surface area contributed by atoms with Gasteiger partial charge in [-0.3, -0.25) is 29.4 Å². The average Bonchev–Trinajstić information content (AvgIpc) is 3.31. The maximum atomic E-state index is 13.1. The van der Waals surface area contributed by atoms with Crippen LogP contribution in [0.3, 0.4) is 0 Å². The van der Waals surface area contributed by atoms with E-state index in [2.05, 4.69) is 5.32 Å². The van der Waals surface area contributed by atoms with Gasteiger partial charge < -0.3 is 19.5 Å². The van der Waals surface area contributed by atoms with Crippen molar-refractivity contribution in [2.24, 2.45) is 11.8 Å². The number of carbonyl (C=O) groups excluding carboxylic acids is 4.